The van der Waals surface area contributed by atoms with E-state index in [9.17, 15) is 13.9 Å². The summed E-state index contributed by atoms with van der Waals surface area (Å²) in [7, 11) is 1.25. The fourth-order valence-corrected chi connectivity index (χ4v) is 1.37. The Morgan fingerprint density at radius 1 is 1.64 bits per heavy atom. The molecule has 78 valence electrons. The van der Waals surface area contributed by atoms with Crippen molar-refractivity contribution < 1.29 is 18.6 Å². The molecular weight excluding hydrogens is 260 g/mol. The number of methoxy groups -OCH3 is 1. The molecule has 0 spiro atoms. The van der Waals surface area contributed by atoms with Crippen molar-refractivity contribution in [2.45, 2.75) is 11.8 Å². The lowest BCUT2D eigenvalue weighted by Gasteiger charge is -2.09. The van der Waals surface area contributed by atoms with E-state index in [1.54, 1.807) is 0 Å². The molecule has 1 N–H and O–H groups in total. The number of ether oxygens (including phenoxy) is 1. The van der Waals surface area contributed by atoms with Crippen molar-refractivity contribution in [3.05, 3.63) is 17.3 Å². The fourth-order valence-electron chi connectivity index (χ4n) is 0.955. The third-order valence-corrected chi connectivity index (χ3v) is 2.16. The van der Waals surface area contributed by atoms with Crippen LogP contribution in [0.2, 0.25) is 0 Å². The van der Waals surface area contributed by atoms with Gasteiger partial charge >= 0.3 is 0 Å². The fraction of sp³-hybridized carbons (Fsp3) is 0.375. The van der Waals surface area contributed by atoms with Gasteiger partial charge in [-0.25, -0.2) is 13.8 Å². The number of aromatic nitrogens is 1. The summed E-state index contributed by atoms with van der Waals surface area (Å²) in [6.07, 6.45) is -2.72. The number of alkyl halides is 3. The SMILES string of the molecule is COc1nc(CBr)c(O)cc1C(F)F. The summed E-state index contributed by atoms with van der Waals surface area (Å²) in [6.45, 7) is 0. The molecule has 1 aromatic heterocycles. The first-order valence-corrected chi connectivity index (χ1v) is 4.83. The molecule has 0 aromatic carbocycles. The zero-order valence-corrected chi connectivity index (χ0v) is 8.88. The average Bonchev–Trinajstić information content (AvgIpc) is 2.17. The van der Waals surface area contributed by atoms with E-state index >= 15 is 0 Å². The van der Waals surface area contributed by atoms with Crippen molar-refractivity contribution in [3.8, 4) is 11.6 Å². The summed E-state index contributed by atoms with van der Waals surface area (Å²) in [4.78, 5) is 3.73. The van der Waals surface area contributed by atoms with Crippen LogP contribution in [0.1, 0.15) is 17.7 Å². The molecule has 0 unspecified atom stereocenters. The van der Waals surface area contributed by atoms with Gasteiger partial charge in [-0.3, -0.25) is 0 Å². The van der Waals surface area contributed by atoms with Gasteiger partial charge in [0.2, 0.25) is 5.88 Å². The predicted molar refractivity (Wildman–Crippen MR) is 50.0 cm³/mol. The standard InChI is InChI=1S/C8H8BrF2NO2/c1-14-8-4(7(10)11)2-6(13)5(3-9)12-8/h2,7,13H,3H2,1H3. The van der Waals surface area contributed by atoms with Crippen molar-refractivity contribution in [1.82, 2.24) is 4.98 Å². The number of pyridine rings is 1. The van der Waals surface area contributed by atoms with E-state index in [-0.39, 0.29) is 22.7 Å². The van der Waals surface area contributed by atoms with Crippen LogP contribution in [0, 0.1) is 0 Å². The second kappa shape index (κ2) is 4.54. The van der Waals surface area contributed by atoms with Gasteiger partial charge in [-0.15, -0.1) is 0 Å². The minimum atomic E-state index is -2.72. The molecule has 0 saturated carbocycles. The predicted octanol–water partition coefficient (Wildman–Crippen LogP) is 2.63. The molecule has 3 nitrogen and oxygen atoms in total. The van der Waals surface area contributed by atoms with Crippen LogP contribution in [0.25, 0.3) is 0 Å². The Labute approximate surface area is 87.9 Å². The minimum Gasteiger partial charge on any atom is -0.506 e. The number of halogens is 3. The van der Waals surface area contributed by atoms with E-state index in [1.165, 1.54) is 7.11 Å². The van der Waals surface area contributed by atoms with Crippen molar-refractivity contribution in [2.75, 3.05) is 7.11 Å². The number of hydrogen-bond acceptors (Lipinski definition) is 3. The summed E-state index contributed by atoms with van der Waals surface area (Å²) in [5.74, 6) is -0.426. The van der Waals surface area contributed by atoms with Gasteiger partial charge in [-0.1, -0.05) is 15.9 Å². The maximum Gasteiger partial charge on any atom is 0.269 e. The Morgan fingerprint density at radius 3 is 2.71 bits per heavy atom. The molecule has 0 aliphatic heterocycles. The van der Waals surface area contributed by atoms with Crippen LogP contribution in [0.5, 0.6) is 11.6 Å². The topological polar surface area (TPSA) is 42.4 Å². The Bertz CT molecular complexity index is 333. The summed E-state index contributed by atoms with van der Waals surface area (Å²) < 4.78 is 29.5. The lowest BCUT2D eigenvalue weighted by atomic mass is 10.2. The normalized spacial score (nSPS) is 10.6. The number of hydrogen-bond donors (Lipinski definition) is 1. The first-order valence-electron chi connectivity index (χ1n) is 3.71. The van der Waals surface area contributed by atoms with E-state index in [0.717, 1.165) is 6.07 Å². The summed E-state index contributed by atoms with van der Waals surface area (Å²) in [6, 6.07) is 0.965. The van der Waals surface area contributed by atoms with Gasteiger partial charge in [0.05, 0.1) is 18.4 Å². The molecule has 0 fully saturated rings. The summed E-state index contributed by atoms with van der Waals surface area (Å²) in [5, 5.41) is 9.56. The van der Waals surface area contributed by atoms with Gasteiger partial charge in [0.15, 0.2) is 0 Å². The van der Waals surface area contributed by atoms with Gasteiger partial charge in [-0.05, 0) is 6.07 Å². The summed E-state index contributed by atoms with van der Waals surface area (Å²) in [5.41, 5.74) is -0.138. The van der Waals surface area contributed by atoms with Crippen LogP contribution < -0.4 is 4.74 Å². The molecule has 1 aromatic rings. The smallest absolute Gasteiger partial charge is 0.269 e. The Morgan fingerprint density at radius 2 is 2.29 bits per heavy atom. The van der Waals surface area contributed by atoms with E-state index < -0.39 is 12.0 Å². The summed E-state index contributed by atoms with van der Waals surface area (Å²) >= 11 is 3.07. The van der Waals surface area contributed by atoms with Crippen LogP contribution in [-0.2, 0) is 5.33 Å². The monoisotopic (exact) mass is 267 g/mol. The second-order valence-electron chi connectivity index (χ2n) is 2.49. The highest BCUT2D eigenvalue weighted by atomic mass is 79.9. The highest BCUT2D eigenvalue weighted by Gasteiger charge is 2.18. The van der Waals surface area contributed by atoms with Gasteiger partial charge in [0.25, 0.3) is 6.43 Å². The first kappa shape index (κ1) is 11.2. The largest absolute Gasteiger partial charge is 0.506 e. The number of nitrogens with zero attached hydrogens (tertiary/aromatic N) is 1. The molecule has 0 saturated heterocycles. The number of rotatable bonds is 3. The Balaban J connectivity index is 3.24. The molecule has 14 heavy (non-hydrogen) atoms. The molecule has 1 rings (SSSR count). The third kappa shape index (κ3) is 2.12. The number of aromatic hydroxyl groups is 1. The molecule has 0 aliphatic rings. The molecule has 6 heteroatoms. The zero-order valence-electron chi connectivity index (χ0n) is 7.30. The molecule has 0 bridgehead atoms. The highest BCUT2D eigenvalue weighted by Crippen LogP contribution is 2.32. The molecule has 1 heterocycles. The molecule has 0 atom stereocenters. The van der Waals surface area contributed by atoms with Crippen LogP contribution >= 0.6 is 15.9 Å². The van der Waals surface area contributed by atoms with E-state index in [1.807, 2.05) is 0 Å². The van der Waals surface area contributed by atoms with Crippen molar-refractivity contribution in [1.29, 1.82) is 0 Å². The lowest BCUT2D eigenvalue weighted by molar-refractivity contribution is 0.145. The van der Waals surface area contributed by atoms with Crippen molar-refractivity contribution >= 4 is 15.9 Å². The maximum atomic E-state index is 12.4. The quantitative estimate of drug-likeness (QED) is 0.857. The second-order valence-corrected chi connectivity index (χ2v) is 3.05. The molecule has 0 amide bonds. The highest BCUT2D eigenvalue weighted by molar-refractivity contribution is 9.08. The lowest BCUT2D eigenvalue weighted by Crippen LogP contribution is -1.98. The average molecular weight is 268 g/mol. The Hall–Kier alpha value is -0.910. The molecular formula is C8H8BrF2NO2. The van der Waals surface area contributed by atoms with E-state index in [0.29, 0.717) is 0 Å². The third-order valence-electron chi connectivity index (χ3n) is 1.63. The van der Waals surface area contributed by atoms with Crippen LogP contribution in [0.3, 0.4) is 0 Å². The zero-order chi connectivity index (χ0) is 10.7. The molecule has 0 radical (unpaired) electrons. The van der Waals surface area contributed by atoms with E-state index in [4.69, 9.17) is 0 Å². The van der Waals surface area contributed by atoms with Gasteiger partial charge < -0.3 is 9.84 Å². The van der Waals surface area contributed by atoms with Crippen LogP contribution in [-0.4, -0.2) is 17.2 Å². The molecule has 0 aliphatic carbocycles. The first-order chi connectivity index (χ1) is 6.60. The van der Waals surface area contributed by atoms with Crippen molar-refractivity contribution in [2.24, 2.45) is 0 Å². The Kier molecular flexibility index (Phi) is 3.62. The van der Waals surface area contributed by atoms with Gasteiger partial charge in [0, 0.05) is 5.33 Å². The van der Waals surface area contributed by atoms with Gasteiger partial charge in [-0.2, -0.15) is 0 Å². The minimum absolute atomic E-state index is 0.160. The van der Waals surface area contributed by atoms with Crippen molar-refractivity contribution in [3.63, 3.8) is 0 Å². The van der Waals surface area contributed by atoms with Crippen LogP contribution in [0.4, 0.5) is 8.78 Å². The van der Waals surface area contributed by atoms with Gasteiger partial charge in [0.1, 0.15) is 5.75 Å². The van der Waals surface area contributed by atoms with Crippen LogP contribution in [0.15, 0.2) is 6.07 Å². The maximum absolute atomic E-state index is 12.4. The van der Waals surface area contributed by atoms with E-state index in [2.05, 4.69) is 25.7 Å².